The van der Waals surface area contributed by atoms with Crippen molar-refractivity contribution in [3.8, 4) is 0 Å². The van der Waals surface area contributed by atoms with Crippen LogP contribution in [-0.4, -0.2) is 24.6 Å². The van der Waals surface area contributed by atoms with Gasteiger partial charge in [0.2, 0.25) is 5.60 Å². The molecule has 0 aliphatic carbocycles. The number of carbonyl (C=O) groups excluding carboxylic acids is 2. The molecule has 1 saturated heterocycles. The Labute approximate surface area is 89.2 Å². The largest absolute Gasteiger partial charge is 0.466 e. The lowest BCUT2D eigenvalue weighted by atomic mass is 9.82. The summed E-state index contributed by atoms with van der Waals surface area (Å²) in [7, 11) is 1.29. The van der Waals surface area contributed by atoms with E-state index in [0.29, 0.717) is 12.0 Å². The molecule has 15 heavy (non-hydrogen) atoms. The summed E-state index contributed by atoms with van der Waals surface area (Å²) >= 11 is 0. The highest BCUT2D eigenvalue weighted by molar-refractivity contribution is 5.93. The lowest BCUT2D eigenvalue weighted by Crippen LogP contribution is -2.50. The molecule has 0 bridgehead atoms. The van der Waals surface area contributed by atoms with Gasteiger partial charge in [-0.15, -0.1) is 0 Å². The number of allylic oxidation sites excluding steroid dienone is 1. The van der Waals surface area contributed by atoms with Crippen LogP contribution in [0.25, 0.3) is 0 Å². The van der Waals surface area contributed by atoms with Gasteiger partial charge in [-0.05, 0) is 20.3 Å². The molecule has 2 unspecified atom stereocenters. The summed E-state index contributed by atoms with van der Waals surface area (Å²) in [5, 5.41) is 0. The van der Waals surface area contributed by atoms with E-state index in [1.54, 1.807) is 19.9 Å². The zero-order valence-corrected chi connectivity index (χ0v) is 9.49. The molecular formula is C11H16O4. The maximum atomic E-state index is 11.5. The first-order chi connectivity index (χ1) is 6.95. The molecule has 1 fully saturated rings. The first-order valence-corrected chi connectivity index (χ1v) is 4.92. The summed E-state index contributed by atoms with van der Waals surface area (Å²) < 4.78 is 9.81. The third-order valence-corrected chi connectivity index (χ3v) is 2.97. The first-order valence-electron chi connectivity index (χ1n) is 4.92. The molecule has 0 aromatic heterocycles. The lowest BCUT2D eigenvalue weighted by molar-refractivity contribution is -0.186. The highest BCUT2D eigenvalue weighted by atomic mass is 16.6. The molecule has 2 atom stereocenters. The molecule has 0 spiro atoms. The zero-order valence-electron chi connectivity index (χ0n) is 9.49. The SMILES string of the molecule is CC=C1CC(C)C(C)(C(=O)OC)OC1=O. The number of rotatable bonds is 1. The molecule has 4 nitrogen and oxygen atoms in total. The number of carbonyl (C=O) groups is 2. The van der Waals surface area contributed by atoms with Crippen molar-refractivity contribution in [1.29, 1.82) is 0 Å². The molecule has 84 valence electrons. The van der Waals surface area contributed by atoms with E-state index >= 15 is 0 Å². The fourth-order valence-corrected chi connectivity index (χ4v) is 1.65. The second-order valence-corrected chi connectivity index (χ2v) is 3.91. The van der Waals surface area contributed by atoms with Crippen molar-refractivity contribution in [3.63, 3.8) is 0 Å². The van der Waals surface area contributed by atoms with Crippen LogP contribution in [0.5, 0.6) is 0 Å². The fraction of sp³-hybridized carbons (Fsp3) is 0.636. The van der Waals surface area contributed by atoms with Gasteiger partial charge in [0.15, 0.2) is 0 Å². The molecule has 1 heterocycles. The van der Waals surface area contributed by atoms with Gasteiger partial charge < -0.3 is 9.47 Å². The molecule has 0 saturated carbocycles. The molecule has 0 radical (unpaired) electrons. The van der Waals surface area contributed by atoms with Crippen LogP contribution in [0, 0.1) is 5.92 Å². The number of hydrogen-bond donors (Lipinski definition) is 0. The summed E-state index contributed by atoms with van der Waals surface area (Å²) in [6.45, 7) is 5.24. The molecule has 0 aromatic rings. The van der Waals surface area contributed by atoms with Gasteiger partial charge in [0.25, 0.3) is 0 Å². The molecule has 0 aromatic carbocycles. The predicted octanol–water partition coefficient (Wildman–Crippen LogP) is 1.45. The van der Waals surface area contributed by atoms with Gasteiger partial charge in [-0.25, -0.2) is 9.59 Å². The molecule has 4 heteroatoms. The van der Waals surface area contributed by atoms with Crippen LogP contribution in [0.3, 0.4) is 0 Å². The van der Waals surface area contributed by atoms with Crippen LogP contribution < -0.4 is 0 Å². The summed E-state index contributed by atoms with van der Waals surface area (Å²) in [4.78, 5) is 23.0. The Kier molecular flexibility index (Phi) is 3.17. The molecule has 1 aliphatic rings. The Morgan fingerprint density at radius 2 is 2.27 bits per heavy atom. The minimum atomic E-state index is -1.15. The Bertz CT molecular complexity index is 319. The van der Waals surface area contributed by atoms with E-state index in [1.165, 1.54) is 7.11 Å². The minimum absolute atomic E-state index is 0.0751. The van der Waals surface area contributed by atoms with E-state index in [4.69, 9.17) is 4.74 Å². The van der Waals surface area contributed by atoms with Gasteiger partial charge in [0.05, 0.1) is 7.11 Å². The van der Waals surface area contributed by atoms with Crippen molar-refractivity contribution in [1.82, 2.24) is 0 Å². The lowest BCUT2D eigenvalue weighted by Gasteiger charge is -2.36. The van der Waals surface area contributed by atoms with E-state index in [-0.39, 0.29) is 5.92 Å². The van der Waals surface area contributed by atoms with Crippen LogP contribution in [0.4, 0.5) is 0 Å². The normalized spacial score (nSPS) is 33.7. The third-order valence-electron chi connectivity index (χ3n) is 2.97. The maximum absolute atomic E-state index is 11.5. The number of methoxy groups -OCH3 is 1. The van der Waals surface area contributed by atoms with Crippen LogP contribution in [0.15, 0.2) is 11.6 Å². The highest BCUT2D eigenvalue weighted by Crippen LogP contribution is 2.34. The van der Waals surface area contributed by atoms with Gasteiger partial charge in [0.1, 0.15) is 0 Å². The summed E-state index contributed by atoms with van der Waals surface area (Å²) in [6, 6.07) is 0. The standard InChI is InChI=1S/C11H16O4/c1-5-8-6-7(2)11(3,10(13)14-4)15-9(8)12/h5,7H,6H2,1-4H3. The van der Waals surface area contributed by atoms with Crippen LogP contribution in [0.2, 0.25) is 0 Å². The quantitative estimate of drug-likeness (QED) is 0.487. The second-order valence-electron chi connectivity index (χ2n) is 3.91. The minimum Gasteiger partial charge on any atom is -0.466 e. The average molecular weight is 212 g/mol. The molecule has 0 N–H and O–H groups in total. The smallest absolute Gasteiger partial charge is 0.350 e. The van der Waals surface area contributed by atoms with Crippen molar-refractivity contribution in [2.45, 2.75) is 32.8 Å². The molecular weight excluding hydrogens is 196 g/mol. The summed E-state index contributed by atoms with van der Waals surface area (Å²) in [5.41, 5.74) is -0.540. The van der Waals surface area contributed by atoms with Gasteiger partial charge in [0, 0.05) is 11.5 Å². The van der Waals surface area contributed by atoms with Crippen molar-refractivity contribution >= 4 is 11.9 Å². The Morgan fingerprint density at radius 1 is 1.67 bits per heavy atom. The van der Waals surface area contributed by atoms with E-state index in [9.17, 15) is 9.59 Å². The number of esters is 2. The summed E-state index contributed by atoms with van der Waals surface area (Å²) in [6.07, 6.45) is 2.26. The highest BCUT2D eigenvalue weighted by Gasteiger charge is 2.48. The first kappa shape index (κ1) is 11.8. The Morgan fingerprint density at radius 3 is 2.73 bits per heavy atom. The topological polar surface area (TPSA) is 52.6 Å². The summed E-state index contributed by atoms with van der Waals surface area (Å²) in [5.74, 6) is -1.00. The zero-order chi connectivity index (χ0) is 11.6. The number of cyclic esters (lactones) is 1. The predicted molar refractivity (Wildman–Crippen MR) is 54.1 cm³/mol. The van der Waals surface area contributed by atoms with Crippen LogP contribution in [-0.2, 0) is 19.1 Å². The average Bonchev–Trinajstić information content (AvgIpc) is 2.22. The van der Waals surface area contributed by atoms with Gasteiger partial charge in [-0.3, -0.25) is 0 Å². The Hall–Kier alpha value is -1.32. The van der Waals surface area contributed by atoms with E-state index in [2.05, 4.69) is 4.74 Å². The molecule has 1 aliphatic heterocycles. The van der Waals surface area contributed by atoms with Crippen molar-refractivity contribution in [3.05, 3.63) is 11.6 Å². The van der Waals surface area contributed by atoms with Crippen molar-refractivity contribution in [2.75, 3.05) is 7.11 Å². The molecule has 0 amide bonds. The monoisotopic (exact) mass is 212 g/mol. The number of ether oxygens (including phenoxy) is 2. The second kappa shape index (κ2) is 4.04. The van der Waals surface area contributed by atoms with E-state index in [1.807, 2.05) is 6.92 Å². The maximum Gasteiger partial charge on any atom is 0.350 e. The van der Waals surface area contributed by atoms with Gasteiger partial charge in [-0.2, -0.15) is 0 Å². The van der Waals surface area contributed by atoms with Crippen molar-refractivity contribution < 1.29 is 19.1 Å². The van der Waals surface area contributed by atoms with Crippen LogP contribution in [0.1, 0.15) is 27.2 Å². The van der Waals surface area contributed by atoms with Gasteiger partial charge in [-0.1, -0.05) is 13.0 Å². The number of hydrogen-bond acceptors (Lipinski definition) is 4. The Balaban J connectivity index is 2.96. The molecule has 1 rings (SSSR count). The van der Waals surface area contributed by atoms with E-state index < -0.39 is 17.5 Å². The van der Waals surface area contributed by atoms with Crippen molar-refractivity contribution in [2.24, 2.45) is 5.92 Å². The van der Waals surface area contributed by atoms with E-state index in [0.717, 1.165) is 0 Å². The third kappa shape index (κ3) is 1.89. The van der Waals surface area contributed by atoms with Crippen LogP contribution >= 0.6 is 0 Å². The fourth-order valence-electron chi connectivity index (χ4n) is 1.65. The van der Waals surface area contributed by atoms with Gasteiger partial charge >= 0.3 is 11.9 Å².